The maximum atomic E-state index is 12.1. The van der Waals surface area contributed by atoms with Crippen LogP contribution in [0.15, 0.2) is 47.4 Å². The minimum absolute atomic E-state index is 0.0342. The third kappa shape index (κ3) is 6.73. The number of rotatable bonds is 8. The molecule has 2 aromatic rings. The van der Waals surface area contributed by atoms with Crippen molar-refractivity contribution in [1.29, 1.82) is 0 Å². The van der Waals surface area contributed by atoms with Crippen molar-refractivity contribution >= 4 is 46.7 Å². The van der Waals surface area contributed by atoms with Gasteiger partial charge in [-0.1, -0.05) is 29.8 Å². The van der Waals surface area contributed by atoms with Crippen LogP contribution in [0.1, 0.15) is 28.8 Å². The highest BCUT2D eigenvalue weighted by Crippen LogP contribution is 2.20. The zero-order valence-electron chi connectivity index (χ0n) is 15.1. The first-order valence-corrected chi connectivity index (χ1v) is 9.88. The van der Waals surface area contributed by atoms with E-state index in [0.717, 1.165) is 10.5 Å². The van der Waals surface area contributed by atoms with Gasteiger partial charge in [-0.2, -0.15) is 0 Å². The van der Waals surface area contributed by atoms with E-state index in [4.69, 9.17) is 16.3 Å². The Bertz CT molecular complexity index is 836. The molecule has 0 fully saturated rings. The molecule has 27 heavy (non-hydrogen) atoms. The zero-order chi connectivity index (χ0) is 19.8. The summed E-state index contributed by atoms with van der Waals surface area (Å²) >= 11 is 7.48. The zero-order valence-corrected chi connectivity index (χ0v) is 16.7. The predicted molar refractivity (Wildman–Crippen MR) is 108 cm³/mol. The molecule has 2 aromatic carbocycles. The summed E-state index contributed by atoms with van der Waals surface area (Å²) in [5.74, 6) is -1.20. The van der Waals surface area contributed by atoms with Crippen LogP contribution < -0.4 is 5.32 Å². The first-order chi connectivity index (χ1) is 12.9. The van der Waals surface area contributed by atoms with Crippen LogP contribution >= 0.6 is 23.4 Å². The minimum Gasteiger partial charge on any atom is -0.456 e. The summed E-state index contributed by atoms with van der Waals surface area (Å²) in [7, 11) is 0. The van der Waals surface area contributed by atoms with Gasteiger partial charge in [-0.05, 0) is 43.0 Å². The molecule has 0 heterocycles. The van der Waals surface area contributed by atoms with E-state index in [2.05, 4.69) is 5.32 Å². The second-order valence-corrected chi connectivity index (χ2v) is 7.14. The molecule has 7 heteroatoms. The molecule has 0 aliphatic heterocycles. The van der Waals surface area contributed by atoms with Crippen molar-refractivity contribution in [2.24, 2.45) is 0 Å². The molecule has 1 amide bonds. The van der Waals surface area contributed by atoms with Crippen LogP contribution in [0.3, 0.4) is 0 Å². The molecular weight excluding hydrogens is 386 g/mol. The summed E-state index contributed by atoms with van der Waals surface area (Å²) < 4.78 is 4.93. The van der Waals surface area contributed by atoms with Crippen molar-refractivity contribution in [1.82, 2.24) is 0 Å². The number of carbonyl (C=O) groups is 3. The summed E-state index contributed by atoms with van der Waals surface area (Å²) in [6.45, 7) is 1.41. The maximum absolute atomic E-state index is 12.1. The summed E-state index contributed by atoms with van der Waals surface area (Å²) in [6, 6.07) is 12.3. The molecule has 2 rings (SSSR count). The number of ether oxygens (including phenoxy) is 1. The number of aryl methyl sites for hydroxylation is 1. The number of hydrogen-bond acceptors (Lipinski definition) is 5. The number of amides is 1. The summed E-state index contributed by atoms with van der Waals surface area (Å²) in [6.07, 6.45) is 1.91. The number of benzene rings is 2. The van der Waals surface area contributed by atoms with Gasteiger partial charge in [0.05, 0.1) is 6.42 Å². The number of nitrogens with one attached hydrogen (secondary N) is 1. The van der Waals surface area contributed by atoms with E-state index in [1.807, 2.05) is 25.3 Å². The van der Waals surface area contributed by atoms with Gasteiger partial charge >= 0.3 is 5.97 Å². The van der Waals surface area contributed by atoms with Gasteiger partial charge in [-0.25, -0.2) is 0 Å². The van der Waals surface area contributed by atoms with Crippen LogP contribution in [-0.4, -0.2) is 30.5 Å². The lowest BCUT2D eigenvalue weighted by Crippen LogP contribution is -2.21. The van der Waals surface area contributed by atoms with Crippen LogP contribution in [0.5, 0.6) is 0 Å². The Kier molecular flexibility index (Phi) is 7.88. The van der Waals surface area contributed by atoms with Gasteiger partial charge in [0.2, 0.25) is 0 Å². The number of anilines is 1. The van der Waals surface area contributed by atoms with E-state index in [9.17, 15) is 14.4 Å². The van der Waals surface area contributed by atoms with Crippen molar-refractivity contribution in [2.75, 3.05) is 18.2 Å². The van der Waals surface area contributed by atoms with Crippen LogP contribution in [-0.2, 0) is 14.3 Å². The molecule has 5 nitrogen and oxygen atoms in total. The third-order valence-corrected chi connectivity index (χ3v) is 4.78. The topological polar surface area (TPSA) is 72.5 Å². The Labute approximate surface area is 167 Å². The van der Waals surface area contributed by atoms with E-state index in [1.165, 1.54) is 0 Å². The minimum atomic E-state index is -0.595. The van der Waals surface area contributed by atoms with Crippen molar-refractivity contribution in [3.05, 3.63) is 58.6 Å². The lowest BCUT2D eigenvalue weighted by molar-refractivity contribution is -0.147. The molecule has 0 saturated heterocycles. The predicted octanol–water partition coefficient (Wildman–Crippen LogP) is 4.52. The molecule has 0 aliphatic rings. The van der Waals surface area contributed by atoms with E-state index < -0.39 is 18.5 Å². The van der Waals surface area contributed by atoms with E-state index in [1.54, 1.807) is 42.1 Å². The van der Waals surface area contributed by atoms with Crippen molar-refractivity contribution in [3.8, 4) is 0 Å². The molecule has 0 bridgehead atoms. The van der Waals surface area contributed by atoms with Crippen LogP contribution in [0.2, 0.25) is 5.02 Å². The second-order valence-electron chi connectivity index (χ2n) is 5.82. The highest BCUT2D eigenvalue weighted by molar-refractivity contribution is 7.98. The average Bonchev–Trinajstić information content (AvgIpc) is 2.67. The van der Waals surface area contributed by atoms with Gasteiger partial charge in [-0.3, -0.25) is 14.4 Å². The number of carbonyl (C=O) groups excluding carboxylic acids is 3. The number of esters is 1. The number of halogens is 1. The fourth-order valence-electron chi connectivity index (χ4n) is 2.27. The lowest BCUT2D eigenvalue weighted by atomic mass is 10.1. The van der Waals surface area contributed by atoms with Gasteiger partial charge in [0.1, 0.15) is 0 Å². The largest absolute Gasteiger partial charge is 0.456 e. The fraction of sp³-hybridized carbons (Fsp3) is 0.250. The van der Waals surface area contributed by atoms with Crippen LogP contribution in [0, 0.1) is 6.92 Å². The van der Waals surface area contributed by atoms with Crippen molar-refractivity contribution in [3.63, 3.8) is 0 Å². The highest BCUT2D eigenvalue weighted by Gasteiger charge is 2.13. The molecule has 0 spiro atoms. The average molecular weight is 406 g/mol. The Hall–Kier alpha value is -2.31. The van der Waals surface area contributed by atoms with Gasteiger partial charge in [0.25, 0.3) is 5.91 Å². The number of hydrogen-bond donors (Lipinski definition) is 1. The SMILES string of the molecule is CSc1ccc(C(=O)CCC(=O)OCC(=O)Nc2cc(Cl)ccc2C)cc1. The smallest absolute Gasteiger partial charge is 0.306 e. The summed E-state index contributed by atoms with van der Waals surface area (Å²) in [5.41, 5.74) is 1.96. The summed E-state index contributed by atoms with van der Waals surface area (Å²) in [5, 5.41) is 3.14. The Balaban J connectivity index is 1.75. The maximum Gasteiger partial charge on any atom is 0.306 e. The highest BCUT2D eigenvalue weighted by atomic mass is 35.5. The quantitative estimate of drug-likeness (QED) is 0.397. The first kappa shape index (κ1) is 21.0. The van der Waals surface area contributed by atoms with Gasteiger partial charge in [-0.15, -0.1) is 11.8 Å². The monoisotopic (exact) mass is 405 g/mol. The number of Topliss-reactive ketones (excluding diaryl/α,β-unsaturated/α-hetero) is 1. The summed E-state index contributed by atoms with van der Waals surface area (Å²) in [4.78, 5) is 36.8. The molecule has 0 atom stereocenters. The first-order valence-electron chi connectivity index (χ1n) is 8.28. The van der Waals surface area contributed by atoms with Gasteiger partial charge in [0.15, 0.2) is 12.4 Å². The second kappa shape index (κ2) is 10.1. The number of ketones is 1. The fourth-order valence-corrected chi connectivity index (χ4v) is 2.85. The number of thioether (sulfide) groups is 1. The van der Waals surface area contributed by atoms with Gasteiger partial charge in [0, 0.05) is 27.6 Å². The molecule has 1 N–H and O–H groups in total. The van der Waals surface area contributed by atoms with Crippen molar-refractivity contribution < 1.29 is 19.1 Å². The van der Waals surface area contributed by atoms with Crippen molar-refractivity contribution in [2.45, 2.75) is 24.7 Å². The standard InChI is InChI=1S/C20H20ClNO4S/c1-13-3-6-15(21)11-17(13)22-19(24)12-26-20(25)10-9-18(23)14-4-7-16(27-2)8-5-14/h3-8,11H,9-10,12H2,1-2H3,(H,22,24). The van der Waals surface area contributed by atoms with Gasteiger partial charge < -0.3 is 10.1 Å². The van der Waals surface area contributed by atoms with E-state index in [0.29, 0.717) is 16.3 Å². The molecule has 0 unspecified atom stereocenters. The van der Waals surface area contributed by atoms with E-state index in [-0.39, 0.29) is 18.6 Å². The molecular formula is C20H20ClNO4S. The molecule has 0 radical (unpaired) electrons. The molecule has 142 valence electrons. The lowest BCUT2D eigenvalue weighted by Gasteiger charge is -2.09. The third-order valence-electron chi connectivity index (χ3n) is 3.81. The van der Waals surface area contributed by atoms with E-state index >= 15 is 0 Å². The van der Waals surface area contributed by atoms with Crippen LogP contribution in [0.25, 0.3) is 0 Å². The molecule has 0 aromatic heterocycles. The Morgan fingerprint density at radius 2 is 1.78 bits per heavy atom. The Morgan fingerprint density at radius 1 is 1.07 bits per heavy atom. The molecule has 0 saturated carbocycles. The molecule has 0 aliphatic carbocycles. The normalized spacial score (nSPS) is 10.3. The Morgan fingerprint density at radius 3 is 2.44 bits per heavy atom. The van der Waals surface area contributed by atoms with Crippen LogP contribution in [0.4, 0.5) is 5.69 Å².